The molecule has 0 saturated heterocycles. The van der Waals surface area contributed by atoms with Crippen molar-refractivity contribution < 1.29 is 18.3 Å². The number of hydrazone groups is 1. The van der Waals surface area contributed by atoms with E-state index < -0.39 is 11.7 Å². The largest absolute Gasteiger partial charge is 0.507 e. The number of halogens is 3. The van der Waals surface area contributed by atoms with E-state index in [1.165, 1.54) is 18.3 Å². The van der Waals surface area contributed by atoms with Gasteiger partial charge in [0.25, 0.3) is 0 Å². The molecule has 1 heterocycles. The van der Waals surface area contributed by atoms with Crippen LogP contribution in [0.25, 0.3) is 22.0 Å². The first kappa shape index (κ1) is 19.4. The summed E-state index contributed by atoms with van der Waals surface area (Å²) in [7, 11) is 0. The maximum Gasteiger partial charge on any atom is 0.418 e. The number of alkyl halides is 3. The zero-order valence-electron chi connectivity index (χ0n) is 15.6. The van der Waals surface area contributed by atoms with E-state index in [1.54, 1.807) is 48.5 Å². The van der Waals surface area contributed by atoms with Crippen molar-refractivity contribution in [1.82, 2.24) is 4.98 Å². The quantitative estimate of drug-likeness (QED) is 0.274. The second-order valence-electron chi connectivity index (χ2n) is 6.61. The van der Waals surface area contributed by atoms with Gasteiger partial charge in [0.05, 0.1) is 11.1 Å². The van der Waals surface area contributed by atoms with Crippen molar-refractivity contribution in [3.8, 4) is 16.9 Å². The van der Waals surface area contributed by atoms with Crippen LogP contribution in [0.2, 0.25) is 0 Å². The Balaban J connectivity index is 2.10. The molecule has 0 amide bonds. The number of phenolic OH excluding ortho intramolecular Hbond substituents is 1. The van der Waals surface area contributed by atoms with Crippen molar-refractivity contribution in [2.45, 2.75) is 6.18 Å². The van der Waals surface area contributed by atoms with E-state index in [2.05, 4.69) is 10.1 Å². The van der Waals surface area contributed by atoms with E-state index in [0.717, 1.165) is 6.07 Å². The number of nitrogens with two attached hydrogens (primary N) is 1. The average molecular weight is 407 g/mol. The normalized spacial score (nSPS) is 12.3. The van der Waals surface area contributed by atoms with Gasteiger partial charge < -0.3 is 10.9 Å². The number of benzene rings is 3. The van der Waals surface area contributed by atoms with Crippen molar-refractivity contribution in [2.75, 3.05) is 0 Å². The second kappa shape index (κ2) is 7.51. The molecule has 0 spiro atoms. The molecule has 0 fully saturated rings. The minimum atomic E-state index is -4.55. The number of phenols is 1. The van der Waals surface area contributed by atoms with Crippen LogP contribution in [0.4, 0.5) is 13.2 Å². The number of rotatable bonds is 3. The molecular weight excluding hydrogens is 391 g/mol. The number of aromatic hydroxyl groups is 1. The van der Waals surface area contributed by atoms with Crippen LogP contribution in [0.1, 0.15) is 16.7 Å². The van der Waals surface area contributed by atoms with E-state index in [4.69, 9.17) is 5.84 Å². The van der Waals surface area contributed by atoms with E-state index >= 15 is 0 Å². The minimum Gasteiger partial charge on any atom is -0.507 e. The number of nitrogens with zero attached hydrogens (tertiary/aromatic N) is 2. The fourth-order valence-corrected chi connectivity index (χ4v) is 3.51. The molecule has 0 aliphatic rings. The van der Waals surface area contributed by atoms with Crippen LogP contribution in [0.5, 0.6) is 5.75 Å². The smallest absolute Gasteiger partial charge is 0.418 e. The highest BCUT2D eigenvalue weighted by atomic mass is 19.4. The Morgan fingerprint density at radius 1 is 0.867 bits per heavy atom. The lowest BCUT2D eigenvalue weighted by Crippen LogP contribution is -2.11. The van der Waals surface area contributed by atoms with E-state index in [9.17, 15) is 18.3 Å². The topological polar surface area (TPSA) is 71.5 Å². The molecule has 4 aromatic rings. The van der Waals surface area contributed by atoms with Gasteiger partial charge in [-0.3, -0.25) is 4.98 Å². The maximum atomic E-state index is 13.6. The number of aromatic nitrogens is 1. The molecule has 0 unspecified atom stereocenters. The highest BCUT2D eigenvalue weighted by Crippen LogP contribution is 2.39. The lowest BCUT2D eigenvalue weighted by molar-refractivity contribution is -0.136. The summed E-state index contributed by atoms with van der Waals surface area (Å²) in [5.41, 5.74) is 1.18. The van der Waals surface area contributed by atoms with Gasteiger partial charge in [0.15, 0.2) is 0 Å². The zero-order chi connectivity index (χ0) is 21.3. The van der Waals surface area contributed by atoms with E-state index in [-0.39, 0.29) is 17.0 Å². The van der Waals surface area contributed by atoms with Gasteiger partial charge >= 0.3 is 6.18 Å². The molecule has 3 aromatic carbocycles. The second-order valence-corrected chi connectivity index (χ2v) is 6.61. The van der Waals surface area contributed by atoms with Crippen LogP contribution in [0, 0.1) is 0 Å². The van der Waals surface area contributed by atoms with Gasteiger partial charge in [-0.15, -0.1) is 0 Å². The Hall–Kier alpha value is -3.87. The SMILES string of the molecule is NN=C(c1ccccc1O)c1cnc2c(C(F)(F)F)cccc2c1-c1ccccc1. The number of fused-ring (bicyclic) bond motifs is 1. The maximum absolute atomic E-state index is 13.6. The third-order valence-electron chi connectivity index (χ3n) is 4.81. The minimum absolute atomic E-state index is 0.0511. The highest BCUT2D eigenvalue weighted by molar-refractivity contribution is 6.20. The molecule has 0 atom stereocenters. The molecule has 7 heteroatoms. The highest BCUT2D eigenvalue weighted by Gasteiger charge is 2.34. The Morgan fingerprint density at radius 3 is 2.23 bits per heavy atom. The molecule has 30 heavy (non-hydrogen) atoms. The fraction of sp³-hybridized carbons (Fsp3) is 0.0435. The van der Waals surface area contributed by atoms with Crippen molar-refractivity contribution in [1.29, 1.82) is 0 Å². The summed E-state index contributed by atoms with van der Waals surface area (Å²) in [6, 6.07) is 19.4. The first-order valence-electron chi connectivity index (χ1n) is 9.02. The molecule has 4 rings (SSSR count). The lowest BCUT2D eigenvalue weighted by Gasteiger charge is -2.17. The predicted molar refractivity (Wildman–Crippen MR) is 110 cm³/mol. The molecular formula is C23H16F3N3O. The van der Waals surface area contributed by atoms with Crippen LogP contribution in [0.3, 0.4) is 0 Å². The summed E-state index contributed by atoms with van der Waals surface area (Å²) in [6.07, 6.45) is -3.23. The van der Waals surface area contributed by atoms with Crippen molar-refractivity contribution in [3.63, 3.8) is 0 Å². The first-order valence-corrected chi connectivity index (χ1v) is 9.02. The summed E-state index contributed by atoms with van der Waals surface area (Å²) in [4.78, 5) is 4.12. The fourth-order valence-electron chi connectivity index (χ4n) is 3.51. The molecule has 150 valence electrons. The summed E-state index contributed by atoms with van der Waals surface area (Å²) < 4.78 is 40.7. The number of para-hydroxylation sites is 2. The van der Waals surface area contributed by atoms with Gasteiger partial charge in [0.1, 0.15) is 11.5 Å². The van der Waals surface area contributed by atoms with Crippen LogP contribution in [-0.2, 0) is 6.18 Å². The van der Waals surface area contributed by atoms with Crippen LogP contribution in [-0.4, -0.2) is 15.8 Å². The molecule has 1 aromatic heterocycles. The van der Waals surface area contributed by atoms with Crippen LogP contribution >= 0.6 is 0 Å². The molecule has 0 bridgehead atoms. The lowest BCUT2D eigenvalue weighted by atomic mass is 9.90. The summed E-state index contributed by atoms with van der Waals surface area (Å²) >= 11 is 0. The molecule has 0 saturated carbocycles. The van der Waals surface area contributed by atoms with Gasteiger partial charge in [0, 0.05) is 28.3 Å². The molecule has 0 aliphatic carbocycles. The van der Waals surface area contributed by atoms with Gasteiger partial charge in [-0.05, 0) is 23.8 Å². The molecule has 3 N–H and O–H groups in total. The number of hydrogen-bond donors (Lipinski definition) is 2. The van der Waals surface area contributed by atoms with E-state index in [0.29, 0.717) is 27.6 Å². The number of pyridine rings is 1. The van der Waals surface area contributed by atoms with Crippen LogP contribution in [0.15, 0.2) is 84.1 Å². The van der Waals surface area contributed by atoms with Gasteiger partial charge in [-0.2, -0.15) is 18.3 Å². The summed E-state index contributed by atoms with van der Waals surface area (Å²) in [6.45, 7) is 0. The van der Waals surface area contributed by atoms with Crippen molar-refractivity contribution >= 4 is 16.6 Å². The third kappa shape index (κ3) is 3.34. The van der Waals surface area contributed by atoms with E-state index in [1.807, 2.05) is 6.07 Å². The monoisotopic (exact) mass is 407 g/mol. The first-order chi connectivity index (χ1) is 14.4. The Labute approximate surface area is 170 Å². The Morgan fingerprint density at radius 2 is 1.57 bits per heavy atom. The van der Waals surface area contributed by atoms with Gasteiger partial charge in [-0.1, -0.05) is 54.6 Å². The molecule has 4 nitrogen and oxygen atoms in total. The molecule has 0 radical (unpaired) electrons. The average Bonchev–Trinajstić information content (AvgIpc) is 2.74. The molecule has 0 aliphatic heterocycles. The number of hydrogen-bond acceptors (Lipinski definition) is 4. The van der Waals surface area contributed by atoms with Gasteiger partial charge in [0.2, 0.25) is 0 Å². The van der Waals surface area contributed by atoms with Gasteiger partial charge in [-0.25, -0.2) is 0 Å². The standard InChI is InChI=1S/C23H16F3N3O/c24-23(25,26)18-11-6-10-16-20(14-7-2-1-3-8-14)17(13-28-22(16)18)21(29-27)15-9-4-5-12-19(15)30/h1-13,30H,27H2. The van der Waals surface area contributed by atoms with Crippen LogP contribution < -0.4 is 5.84 Å². The zero-order valence-corrected chi connectivity index (χ0v) is 15.6. The van der Waals surface area contributed by atoms with Crippen molar-refractivity contribution in [3.05, 3.63) is 95.7 Å². The van der Waals surface area contributed by atoms with Crippen molar-refractivity contribution in [2.24, 2.45) is 10.9 Å². The Kier molecular flexibility index (Phi) is 4.87. The summed E-state index contributed by atoms with van der Waals surface area (Å²) in [5.74, 6) is 5.61. The Bertz CT molecular complexity index is 1250. The third-order valence-corrected chi connectivity index (χ3v) is 4.81. The summed E-state index contributed by atoms with van der Waals surface area (Å²) in [5, 5.41) is 14.5. The predicted octanol–water partition coefficient (Wildman–Crippen LogP) is 5.34.